The van der Waals surface area contributed by atoms with Gasteiger partial charge in [0, 0.05) is 17.7 Å². The maximum atomic E-state index is 5.40. The van der Waals surface area contributed by atoms with Crippen LogP contribution in [0.2, 0.25) is 0 Å². The summed E-state index contributed by atoms with van der Waals surface area (Å²) in [4.78, 5) is 0. The second-order valence-electron chi connectivity index (χ2n) is 3.82. The molecule has 1 heterocycles. The number of methoxy groups -OCH3 is 2. The van der Waals surface area contributed by atoms with Crippen molar-refractivity contribution in [2.24, 2.45) is 0 Å². The number of nitrogens with one attached hydrogen (secondary N) is 1. The first-order valence-corrected chi connectivity index (χ1v) is 5.24. The molecular weight excluding hydrogens is 190 g/mol. The van der Waals surface area contributed by atoms with Gasteiger partial charge in [-0.3, -0.25) is 0 Å². The minimum absolute atomic E-state index is 0.373. The lowest BCUT2D eigenvalue weighted by atomic mass is 9.94. The number of ether oxygens (including phenoxy) is 2. The Labute approximate surface area is 90.4 Å². The largest absolute Gasteiger partial charge is 0.497 e. The van der Waals surface area contributed by atoms with E-state index in [9.17, 15) is 0 Å². The predicted octanol–water partition coefficient (Wildman–Crippen LogP) is 1.91. The first kappa shape index (κ1) is 10.3. The Morgan fingerprint density at radius 2 is 2.07 bits per heavy atom. The van der Waals surface area contributed by atoms with Gasteiger partial charge in [0.25, 0.3) is 0 Å². The van der Waals surface area contributed by atoms with Crippen molar-refractivity contribution < 1.29 is 9.47 Å². The Hall–Kier alpha value is -1.22. The molecule has 15 heavy (non-hydrogen) atoms. The molecule has 1 aliphatic rings. The monoisotopic (exact) mass is 207 g/mol. The van der Waals surface area contributed by atoms with E-state index in [2.05, 4.69) is 18.3 Å². The Morgan fingerprint density at radius 3 is 2.73 bits per heavy atom. The summed E-state index contributed by atoms with van der Waals surface area (Å²) < 4.78 is 10.7. The molecule has 1 unspecified atom stereocenters. The standard InChI is InChI=1S/C12H17NO2/c1-8-11-6-9(14-2)7-12(15-3)10(11)4-5-13-8/h6-8,13H,4-5H2,1-3H3. The Bertz CT molecular complexity index is 363. The molecule has 0 spiro atoms. The van der Waals surface area contributed by atoms with E-state index in [1.165, 1.54) is 11.1 Å². The average Bonchev–Trinajstić information content (AvgIpc) is 2.28. The van der Waals surface area contributed by atoms with Crippen molar-refractivity contribution in [3.8, 4) is 11.5 Å². The topological polar surface area (TPSA) is 30.5 Å². The zero-order valence-electron chi connectivity index (χ0n) is 9.46. The lowest BCUT2D eigenvalue weighted by Gasteiger charge is -2.26. The van der Waals surface area contributed by atoms with Crippen LogP contribution in [0, 0.1) is 0 Å². The highest BCUT2D eigenvalue weighted by molar-refractivity contribution is 5.49. The van der Waals surface area contributed by atoms with Crippen LogP contribution in [-0.2, 0) is 6.42 Å². The highest BCUT2D eigenvalue weighted by Crippen LogP contribution is 2.34. The summed E-state index contributed by atoms with van der Waals surface area (Å²) >= 11 is 0. The molecule has 3 heteroatoms. The third-order valence-electron chi connectivity index (χ3n) is 2.96. The molecule has 3 nitrogen and oxygen atoms in total. The van der Waals surface area contributed by atoms with Gasteiger partial charge in [-0.25, -0.2) is 0 Å². The molecule has 0 bridgehead atoms. The van der Waals surface area contributed by atoms with Gasteiger partial charge < -0.3 is 14.8 Å². The van der Waals surface area contributed by atoms with E-state index in [1.807, 2.05) is 6.07 Å². The third kappa shape index (κ3) is 1.79. The third-order valence-corrected chi connectivity index (χ3v) is 2.96. The van der Waals surface area contributed by atoms with Crippen molar-refractivity contribution in [3.63, 3.8) is 0 Å². The van der Waals surface area contributed by atoms with Gasteiger partial charge in [-0.2, -0.15) is 0 Å². The van der Waals surface area contributed by atoms with E-state index in [0.29, 0.717) is 6.04 Å². The van der Waals surface area contributed by atoms with Crippen molar-refractivity contribution in [1.82, 2.24) is 5.32 Å². The summed E-state index contributed by atoms with van der Waals surface area (Å²) in [6.45, 7) is 3.17. The molecule has 0 fully saturated rings. The summed E-state index contributed by atoms with van der Waals surface area (Å²) in [5.41, 5.74) is 2.60. The number of benzene rings is 1. The van der Waals surface area contributed by atoms with Gasteiger partial charge >= 0.3 is 0 Å². The molecule has 1 aromatic rings. The molecular formula is C12H17NO2. The predicted molar refractivity (Wildman–Crippen MR) is 59.7 cm³/mol. The highest BCUT2D eigenvalue weighted by atomic mass is 16.5. The molecule has 1 aromatic carbocycles. The molecule has 82 valence electrons. The first-order valence-electron chi connectivity index (χ1n) is 5.24. The molecule has 0 saturated carbocycles. The fraction of sp³-hybridized carbons (Fsp3) is 0.500. The van der Waals surface area contributed by atoms with Crippen molar-refractivity contribution in [2.45, 2.75) is 19.4 Å². The minimum atomic E-state index is 0.373. The van der Waals surface area contributed by atoms with Crippen LogP contribution in [-0.4, -0.2) is 20.8 Å². The summed E-state index contributed by atoms with van der Waals surface area (Å²) in [6.07, 6.45) is 1.02. The molecule has 0 aromatic heterocycles. The highest BCUT2D eigenvalue weighted by Gasteiger charge is 2.20. The van der Waals surface area contributed by atoms with E-state index in [4.69, 9.17) is 9.47 Å². The maximum Gasteiger partial charge on any atom is 0.126 e. The van der Waals surface area contributed by atoms with Crippen molar-refractivity contribution in [2.75, 3.05) is 20.8 Å². The summed E-state index contributed by atoms with van der Waals surface area (Å²) in [7, 11) is 3.39. The molecule has 2 rings (SSSR count). The molecule has 0 saturated heterocycles. The molecule has 0 amide bonds. The number of hydrogen-bond donors (Lipinski definition) is 1. The number of hydrogen-bond acceptors (Lipinski definition) is 3. The van der Waals surface area contributed by atoms with Gasteiger partial charge in [-0.05, 0) is 31.5 Å². The van der Waals surface area contributed by atoms with Gasteiger partial charge in [0.05, 0.1) is 14.2 Å². The summed E-state index contributed by atoms with van der Waals surface area (Å²) in [5, 5.41) is 3.43. The number of rotatable bonds is 2. The zero-order chi connectivity index (χ0) is 10.8. The average molecular weight is 207 g/mol. The summed E-state index contributed by atoms with van der Waals surface area (Å²) in [5.74, 6) is 1.80. The Morgan fingerprint density at radius 1 is 1.27 bits per heavy atom. The minimum Gasteiger partial charge on any atom is -0.497 e. The van der Waals surface area contributed by atoms with Crippen molar-refractivity contribution >= 4 is 0 Å². The molecule has 1 aliphatic heterocycles. The fourth-order valence-corrected chi connectivity index (χ4v) is 2.12. The first-order chi connectivity index (χ1) is 7.26. The smallest absolute Gasteiger partial charge is 0.126 e. The second kappa shape index (κ2) is 4.11. The Balaban J connectivity index is 2.52. The second-order valence-corrected chi connectivity index (χ2v) is 3.82. The van der Waals surface area contributed by atoms with Crippen LogP contribution >= 0.6 is 0 Å². The van der Waals surface area contributed by atoms with E-state index in [0.717, 1.165) is 24.5 Å². The summed E-state index contributed by atoms with van der Waals surface area (Å²) in [6, 6.07) is 4.42. The lowest BCUT2D eigenvalue weighted by Crippen LogP contribution is -2.28. The van der Waals surface area contributed by atoms with Crippen LogP contribution in [0.15, 0.2) is 12.1 Å². The van der Waals surface area contributed by atoms with Gasteiger partial charge in [-0.1, -0.05) is 0 Å². The van der Waals surface area contributed by atoms with Gasteiger partial charge in [0.2, 0.25) is 0 Å². The maximum absolute atomic E-state index is 5.40. The fourth-order valence-electron chi connectivity index (χ4n) is 2.12. The van der Waals surface area contributed by atoms with Crippen LogP contribution in [0.4, 0.5) is 0 Å². The SMILES string of the molecule is COc1cc(OC)c2c(c1)C(C)NCC2. The normalized spacial score (nSPS) is 19.5. The molecule has 0 radical (unpaired) electrons. The zero-order valence-corrected chi connectivity index (χ0v) is 9.46. The quantitative estimate of drug-likeness (QED) is 0.803. The van der Waals surface area contributed by atoms with Gasteiger partial charge in [0.1, 0.15) is 11.5 Å². The number of fused-ring (bicyclic) bond motifs is 1. The van der Waals surface area contributed by atoms with E-state index in [1.54, 1.807) is 14.2 Å². The van der Waals surface area contributed by atoms with Crippen molar-refractivity contribution in [1.29, 1.82) is 0 Å². The molecule has 1 atom stereocenters. The van der Waals surface area contributed by atoms with Crippen LogP contribution in [0.5, 0.6) is 11.5 Å². The van der Waals surface area contributed by atoms with E-state index >= 15 is 0 Å². The van der Waals surface area contributed by atoms with E-state index < -0.39 is 0 Å². The lowest BCUT2D eigenvalue weighted by molar-refractivity contribution is 0.384. The van der Waals surface area contributed by atoms with Crippen LogP contribution in [0.1, 0.15) is 24.1 Å². The molecule has 1 N–H and O–H groups in total. The Kier molecular flexibility index (Phi) is 2.82. The van der Waals surface area contributed by atoms with Crippen molar-refractivity contribution in [3.05, 3.63) is 23.3 Å². The van der Waals surface area contributed by atoms with Gasteiger partial charge in [-0.15, -0.1) is 0 Å². The van der Waals surface area contributed by atoms with E-state index in [-0.39, 0.29) is 0 Å². The van der Waals surface area contributed by atoms with Crippen LogP contribution < -0.4 is 14.8 Å². The van der Waals surface area contributed by atoms with Gasteiger partial charge in [0.15, 0.2) is 0 Å². The molecule has 0 aliphatic carbocycles. The van der Waals surface area contributed by atoms with Crippen LogP contribution in [0.25, 0.3) is 0 Å². The van der Waals surface area contributed by atoms with Crippen LogP contribution in [0.3, 0.4) is 0 Å².